The Labute approximate surface area is 121 Å². The van der Waals surface area contributed by atoms with Gasteiger partial charge in [-0.25, -0.2) is 14.5 Å². The molecule has 2 amide bonds. The summed E-state index contributed by atoms with van der Waals surface area (Å²) in [5.74, 6) is -1.76. The summed E-state index contributed by atoms with van der Waals surface area (Å²) in [6, 6.07) is -1.68. The normalized spacial score (nSPS) is 13.3. The summed E-state index contributed by atoms with van der Waals surface area (Å²) in [7, 11) is 0. The Balaban J connectivity index is 2.81. The molecule has 1 aromatic rings. The first kappa shape index (κ1) is 16.6. The highest BCUT2D eigenvalue weighted by Gasteiger charge is 2.29. The first-order chi connectivity index (χ1) is 9.84. The molecular formula is C12H19N5O4. The van der Waals surface area contributed by atoms with Crippen LogP contribution in [0.25, 0.3) is 0 Å². The third kappa shape index (κ3) is 4.55. The van der Waals surface area contributed by atoms with Gasteiger partial charge in [-0.05, 0) is 13.8 Å². The van der Waals surface area contributed by atoms with Gasteiger partial charge in [0.1, 0.15) is 24.7 Å². The van der Waals surface area contributed by atoms with Crippen molar-refractivity contribution >= 4 is 17.8 Å². The van der Waals surface area contributed by atoms with E-state index in [1.165, 1.54) is 36.1 Å². The lowest BCUT2D eigenvalue weighted by Gasteiger charge is -2.29. The van der Waals surface area contributed by atoms with Crippen molar-refractivity contribution in [3.63, 3.8) is 0 Å². The molecule has 2 N–H and O–H groups in total. The van der Waals surface area contributed by atoms with E-state index in [1.54, 1.807) is 6.92 Å². The molecule has 0 bridgehead atoms. The summed E-state index contributed by atoms with van der Waals surface area (Å²) < 4.78 is 1.35. The van der Waals surface area contributed by atoms with Gasteiger partial charge in [0.15, 0.2) is 0 Å². The summed E-state index contributed by atoms with van der Waals surface area (Å²) in [6.07, 6.45) is 2.69. The number of carboxylic acid groups (broad SMARTS) is 1. The Bertz CT molecular complexity index is 502. The number of hydrogen-bond acceptors (Lipinski definition) is 5. The van der Waals surface area contributed by atoms with E-state index < -0.39 is 24.0 Å². The number of rotatable bonds is 7. The molecule has 9 nitrogen and oxygen atoms in total. The van der Waals surface area contributed by atoms with Gasteiger partial charge >= 0.3 is 5.97 Å². The molecule has 0 aromatic carbocycles. The molecule has 2 atom stereocenters. The van der Waals surface area contributed by atoms with Crippen molar-refractivity contribution in [2.45, 2.75) is 32.9 Å². The van der Waals surface area contributed by atoms with Crippen molar-refractivity contribution in [2.75, 3.05) is 13.1 Å². The lowest BCUT2D eigenvalue weighted by atomic mass is 10.2. The van der Waals surface area contributed by atoms with Crippen LogP contribution in [0.1, 0.15) is 26.8 Å². The van der Waals surface area contributed by atoms with Crippen molar-refractivity contribution < 1.29 is 19.5 Å². The second-order valence-electron chi connectivity index (χ2n) is 4.58. The molecule has 9 heteroatoms. The first-order valence-electron chi connectivity index (χ1n) is 6.46. The number of amides is 2. The van der Waals surface area contributed by atoms with Crippen LogP contribution in [0.5, 0.6) is 0 Å². The molecule has 0 saturated carbocycles. The van der Waals surface area contributed by atoms with Crippen LogP contribution in [0, 0.1) is 0 Å². The minimum absolute atomic E-state index is 0.102. The van der Waals surface area contributed by atoms with E-state index in [1.807, 2.05) is 0 Å². The molecule has 21 heavy (non-hydrogen) atoms. The number of nitrogens with one attached hydrogen (secondary N) is 1. The van der Waals surface area contributed by atoms with E-state index >= 15 is 0 Å². The number of nitrogens with zero attached hydrogens (tertiary/aromatic N) is 4. The summed E-state index contributed by atoms with van der Waals surface area (Å²) in [4.78, 5) is 39.4. The van der Waals surface area contributed by atoms with E-state index in [4.69, 9.17) is 5.11 Å². The maximum Gasteiger partial charge on any atom is 0.326 e. The van der Waals surface area contributed by atoms with Crippen molar-refractivity contribution in [3.05, 3.63) is 12.7 Å². The predicted molar refractivity (Wildman–Crippen MR) is 72.2 cm³/mol. The van der Waals surface area contributed by atoms with Crippen molar-refractivity contribution in [2.24, 2.45) is 0 Å². The Morgan fingerprint density at radius 2 is 2.05 bits per heavy atom. The summed E-state index contributed by atoms with van der Waals surface area (Å²) in [6.45, 7) is 4.66. The third-order valence-electron chi connectivity index (χ3n) is 3.03. The van der Waals surface area contributed by atoms with Gasteiger partial charge < -0.3 is 15.3 Å². The molecular weight excluding hydrogens is 278 g/mol. The highest BCUT2D eigenvalue weighted by atomic mass is 16.4. The Hall–Kier alpha value is -2.45. The van der Waals surface area contributed by atoms with E-state index in [-0.39, 0.29) is 19.0 Å². The standard InChI is InChI=1S/C12H19N5O4/c1-8(17-7-13-6-15-17)11(19)16(9(2)12(20)21)5-4-14-10(3)18/h6-9H,4-5H2,1-3H3,(H,14,18)(H,20,21). The quantitative estimate of drug-likeness (QED) is 0.685. The summed E-state index contributed by atoms with van der Waals surface area (Å²) >= 11 is 0. The molecule has 0 radical (unpaired) electrons. The van der Waals surface area contributed by atoms with Gasteiger partial charge in [0.25, 0.3) is 0 Å². The zero-order chi connectivity index (χ0) is 16.0. The molecule has 0 aliphatic heterocycles. The van der Waals surface area contributed by atoms with Gasteiger partial charge in [-0.3, -0.25) is 9.59 Å². The molecule has 0 saturated heterocycles. The largest absolute Gasteiger partial charge is 0.480 e. The van der Waals surface area contributed by atoms with Crippen LogP contribution in [0.2, 0.25) is 0 Å². The Morgan fingerprint density at radius 1 is 1.38 bits per heavy atom. The Kier molecular flexibility index (Phi) is 5.82. The fourth-order valence-electron chi connectivity index (χ4n) is 1.75. The molecule has 1 aromatic heterocycles. The van der Waals surface area contributed by atoms with E-state index in [9.17, 15) is 14.4 Å². The average molecular weight is 297 g/mol. The minimum atomic E-state index is -1.11. The second kappa shape index (κ2) is 7.36. The molecule has 1 rings (SSSR count). The zero-order valence-corrected chi connectivity index (χ0v) is 12.2. The number of carboxylic acids is 1. The highest BCUT2D eigenvalue weighted by molar-refractivity contribution is 5.85. The van der Waals surface area contributed by atoms with Crippen LogP contribution in [0.4, 0.5) is 0 Å². The fourth-order valence-corrected chi connectivity index (χ4v) is 1.75. The van der Waals surface area contributed by atoms with Gasteiger partial charge in [0, 0.05) is 20.0 Å². The van der Waals surface area contributed by atoms with E-state index in [0.717, 1.165) is 0 Å². The van der Waals surface area contributed by atoms with Crippen LogP contribution in [-0.2, 0) is 14.4 Å². The van der Waals surface area contributed by atoms with E-state index in [0.29, 0.717) is 0 Å². The number of aromatic nitrogens is 3. The smallest absolute Gasteiger partial charge is 0.326 e. The summed E-state index contributed by atoms with van der Waals surface area (Å²) in [5.41, 5.74) is 0. The zero-order valence-electron chi connectivity index (χ0n) is 12.2. The number of carbonyl (C=O) groups excluding carboxylic acids is 2. The molecule has 0 aliphatic carbocycles. The number of aliphatic carboxylic acids is 1. The lowest BCUT2D eigenvalue weighted by Crippen LogP contribution is -2.49. The van der Waals surface area contributed by atoms with Crippen molar-refractivity contribution in [1.82, 2.24) is 25.0 Å². The molecule has 2 unspecified atom stereocenters. The van der Waals surface area contributed by atoms with Gasteiger partial charge in [0.05, 0.1) is 0 Å². The summed E-state index contributed by atoms with van der Waals surface area (Å²) in [5, 5.41) is 15.5. The predicted octanol–water partition coefficient (Wildman–Crippen LogP) is -0.723. The van der Waals surface area contributed by atoms with Crippen LogP contribution < -0.4 is 5.32 Å². The van der Waals surface area contributed by atoms with Crippen molar-refractivity contribution in [1.29, 1.82) is 0 Å². The molecule has 116 valence electrons. The molecule has 1 heterocycles. The van der Waals surface area contributed by atoms with Crippen LogP contribution in [0.15, 0.2) is 12.7 Å². The molecule has 0 fully saturated rings. The van der Waals surface area contributed by atoms with Gasteiger partial charge in [0.2, 0.25) is 11.8 Å². The Morgan fingerprint density at radius 3 is 2.52 bits per heavy atom. The topological polar surface area (TPSA) is 117 Å². The van der Waals surface area contributed by atoms with Crippen LogP contribution in [-0.4, -0.2) is 61.7 Å². The molecule has 0 aliphatic rings. The maximum atomic E-state index is 12.4. The monoisotopic (exact) mass is 297 g/mol. The van der Waals surface area contributed by atoms with Crippen LogP contribution >= 0.6 is 0 Å². The number of carbonyl (C=O) groups is 3. The SMILES string of the molecule is CC(=O)NCCN(C(=O)C(C)n1cncn1)C(C)C(=O)O. The van der Waals surface area contributed by atoms with Crippen molar-refractivity contribution in [3.8, 4) is 0 Å². The van der Waals surface area contributed by atoms with E-state index in [2.05, 4.69) is 15.4 Å². The highest BCUT2D eigenvalue weighted by Crippen LogP contribution is 2.11. The van der Waals surface area contributed by atoms with Gasteiger partial charge in [-0.1, -0.05) is 0 Å². The average Bonchev–Trinajstić information content (AvgIpc) is 2.95. The molecule has 0 spiro atoms. The lowest BCUT2D eigenvalue weighted by molar-refractivity contribution is -0.150. The fraction of sp³-hybridized carbons (Fsp3) is 0.583. The van der Waals surface area contributed by atoms with Gasteiger partial charge in [-0.2, -0.15) is 5.10 Å². The third-order valence-corrected chi connectivity index (χ3v) is 3.03. The van der Waals surface area contributed by atoms with Gasteiger partial charge in [-0.15, -0.1) is 0 Å². The minimum Gasteiger partial charge on any atom is -0.480 e. The maximum absolute atomic E-state index is 12.4. The first-order valence-corrected chi connectivity index (χ1v) is 6.46. The second-order valence-corrected chi connectivity index (χ2v) is 4.58. The number of hydrogen-bond donors (Lipinski definition) is 2. The van der Waals surface area contributed by atoms with Crippen LogP contribution in [0.3, 0.4) is 0 Å².